The molecule has 0 fully saturated rings. The van der Waals surface area contributed by atoms with E-state index in [0.717, 1.165) is 38.0 Å². The molecule has 0 aliphatic rings. The molecular formula is C15H24N2O2. The Bertz CT molecular complexity index is 341. The van der Waals surface area contributed by atoms with Crippen molar-refractivity contribution in [2.45, 2.75) is 32.1 Å². The van der Waals surface area contributed by atoms with Crippen LogP contribution in [-0.2, 0) is 4.79 Å². The second-order valence-corrected chi connectivity index (χ2v) is 4.46. The number of nitrogens with one attached hydrogen (secondary N) is 1. The Hall–Kier alpha value is -1.55. The van der Waals surface area contributed by atoms with E-state index in [9.17, 15) is 4.79 Å². The lowest BCUT2D eigenvalue weighted by atomic mass is 10.1. The van der Waals surface area contributed by atoms with E-state index in [-0.39, 0.29) is 5.91 Å². The maximum absolute atomic E-state index is 11.5. The van der Waals surface area contributed by atoms with E-state index in [2.05, 4.69) is 5.32 Å². The van der Waals surface area contributed by atoms with Gasteiger partial charge in [0.05, 0.1) is 6.54 Å². The van der Waals surface area contributed by atoms with Gasteiger partial charge >= 0.3 is 0 Å². The Morgan fingerprint density at radius 3 is 2.58 bits per heavy atom. The van der Waals surface area contributed by atoms with Crippen LogP contribution in [0.15, 0.2) is 30.3 Å². The standard InChI is InChI=1S/C15H24N2O2/c16-11-7-2-1-6-10-15(18)17-12-13-19-14-8-4-3-5-9-14/h3-5,8-9H,1-2,6-7,10-13,16H2,(H,17,18). The number of amides is 1. The molecule has 0 aliphatic carbocycles. The molecule has 4 nitrogen and oxygen atoms in total. The minimum Gasteiger partial charge on any atom is -0.492 e. The molecular weight excluding hydrogens is 240 g/mol. The number of unbranched alkanes of at least 4 members (excludes halogenated alkanes) is 3. The fourth-order valence-electron chi connectivity index (χ4n) is 1.75. The molecule has 0 radical (unpaired) electrons. The van der Waals surface area contributed by atoms with E-state index in [1.807, 2.05) is 30.3 Å². The van der Waals surface area contributed by atoms with E-state index >= 15 is 0 Å². The normalized spacial score (nSPS) is 10.2. The molecule has 3 N–H and O–H groups in total. The average molecular weight is 264 g/mol. The first kappa shape index (κ1) is 15.5. The largest absolute Gasteiger partial charge is 0.492 e. The summed E-state index contributed by atoms with van der Waals surface area (Å²) < 4.78 is 5.49. The summed E-state index contributed by atoms with van der Waals surface area (Å²) in [6, 6.07) is 9.60. The van der Waals surface area contributed by atoms with Gasteiger partial charge in [0.25, 0.3) is 0 Å². The van der Waals surface area contributed by atoms with Gasteiger partial charge in [-0.05, 0) is 31.5 Å². The summed E-state index contributed by atoms with van der Waals surface area (Å²) in [5.74, 6) is 0.933. The van der Waals surface area contributed by atoms with E-state index in [1.54, 1.807) is 0 Å². The summed E-state index contributed by atoms with van der Waals surface area (Å²) in [7, 11) is 0. The molecule has 19 heavy (non-hydrogen) atoms. The zero-order valence-electron chi connectivity index (χ0n) is 11.4. The van der Waals surface area contributed by atoms with Crippen molar-refractivity contribution in [3.8, 4) is 5.75 Å². The predicted octanol–water partition coefficient (Wildman–Crippen LogP) is 2.09. The lowest BCUT2D eigenvalue weighted by Crippen LogP contribution is -2.27. The lowest BCUT2D eigenvalue weighted by Gasteiger charge is -2.07. The Balaban J connectivity index is 1.95. The Kier molecular flexibility index (Phi) is 8.47. The molecule has 0 aliphatic heterocycles. The summed E-state index contributed by atoms with van der Waals surface area (Å²) in [5, 5.41) is 2.86. The maximum Gasteiger partial charge on any atom is 0.220 e. The number of carbonyl (C=O) groups excluding carboxylic acids is 1. The van der Waals surface area contributed by atoms with Crippen LogP contribution in [0.2, 0.25) is 0 Å². The van der Waals surface area contributed by atoms with Crippen LogP contribution in [0.3, 0.4) is 0 Å². The van der Waals surface area contributed by atoms with Crippen molar-refractivity contribution in [2.75, 3.05) is 19.7 Å². The van der Waals surface area contributed by atoms with Crippen molar-refractivity contribution in [3.63, 3.8) is 0 Å². The van der Waals surface area contributed by atoms with Gasteiger partial charge in [-0.2, -0.15) is 0 Å². The Labute approximate surface area is 115 Å². The van der Waals surface area contributed by atoms with Gasteiger partial charge in [-0.1, -0.05) is 31.0 Å². The third kappa shape index (κ3) is 8.21. The van der Waals surface area contributed by atoms with Crippen molar-refractivity contribution in [1.29, 1.82) is 0 Å². The number of hydrogen-bond acceptors (Lipinski definition) is 3. The SMILES string of the molecule is NCCCCCCC(=O)NCCOc1ccccc1. The molecule has 0 heterocycles. The van der Waals surface area contributed by atoms with Crippen LogP contribution in [0.1, 0.15) is 32.1 Å². The Morgan fingerprint density at radius 1 is 1.11 bits per heavy atom. The van der Waals surface area contributed by atoms with Crippen molar-refractivity contribution in [3.05, 3.63) is 30.3 Å². The van der Waals surface area contributed by atoms with E-state index in [1.165, 1.54) is 0 Å². The highest BCUT2D eigenvalue weighted by molar-refractivity contribution is 5.75. The van der Waals surface area contributed by atoms with Gasteiger partial charge in [0.15, 0.2) is 0 Å². The average Bonchev–Trinajstić information content (AvgIpc) is 2.44. The van der Waals surface area contributed by atoms with Gasteiger partial charge in [-0.3, -0.25) is 4.79 Å². The molecule has 4 heteroatoms. The zero-order valence-corrected chi connectivity index (χ0v) is 11.4. The van der Waals surface area contributed by atoms with Gasteiger partial charge in [-0.25, -0.2) is 0 Å². The van der Waals surface area contributed by atoms with Crippen molar-refractivity contribution in [1.82, 2.24) is 5.32 Å². The molecule has 0 aromatic heterocycles. The van der Waals surface area contributed by atoms with Crippen LogP contribution in [0.25, 0.3) is 0 Å². The number of carbonyl (C=O) groups is 1. The molecule has 0 saturated carbocycles. The Morgan fingerprint density at radius 2 is 1.84 bits per heavy atom. The summed E-state index contributed by atoms with van der Waals surface area (Å²) in [5.41, 5.74) is 5.41. The topological polar surface area (TPSA) is 64.4 Å². The minimum atomic E-state index is 0.101. The van der Waals surface area contributed by atoms with Gasteiger partial charge in [0.1, 0.15) is 12.4 Å². The molecule has 1 aromatic carbocycles. The highest BCUT2D eigenvalue weighted by Crippen LogP contribution is 2.07. The van der Waals surface area contributed by atoms with Crippen LogP contribution >= 0.6 is 0 Å². The summed E-state index contributed by atoms with van der Waals surface area (Å²) in [4.78, 5) is 11.5. The second-order valence-electron chi connectivity index (χ2n) is 4.46. The summed E-state index contributed by atoms with van der Waals surface area (Å²) in [6.07, 6.45) is 4.76. The van der Waals surface area contributed by atoms with Crippen molar-refractivity contribution < 1.29 is 9.53 Å². The monoisotopic (exact) mass is 264 g/mol. The first-order valence-corrected chi connectivity index (χ1v) is 6.97. The van der Waals surface area contributed by atoms with E-state index < -0.39 is 0 Å². The minimum absolute atomic E-state index is 0.101. The van der Waals surface area contributed by atoms with E-state index in [0.29, 0.717) is 19.6 Å². The molecule has 0 bridgehead atoms. The predicted molar refractivity (Wildman–Crippen MR) is 77.1 cm³/mol. The zero-order chi connectivity index (χ0) is 13.8. The fourth-order valence-corrected chi connectivity index (χ4v) is 1.75. The number of hydrogen-bond donors (Lipinski definition) is 2. The van der Waals surface area contributed by atoms with Gasteiger partial charge in [-0.15, -0.1) is 0 Å². The van der Waals surface area contributed by atoms with Gasteiger partial charge < -0.3 is 15.8 Å². The van der Waals surface area contributed by atoms with Crippen molar-refractivity contribution in [2.24, 2.45) is 5.73 Å². The lowest BCUT2D eigenvalue weighted by molar-refractivity contribution is -0.121. The number of ether oxygens (including phenoxy) is 1. The van der Waals surface area contributed by atoms with Crippen LogP contribution < -0.4 is 15.8 Å². The second kappa shape index (κ2) is 10.4. The van der Waals surface area contributed by atoms with Crippen LogP contribution in [0.4, 0.5) is 0 Å². The maximum atomic E-state index is 11.5. The van der Waals surface area contributed by atoms with Crippen LogP contribution in [0.5, 0.6) is 5.75 Å². The highest BCUT2D eigenvalue weighted by atomic mass is 16.5. The molecule has 106 valence electrons. The molecule has 1 amide bonds. The quantitative estimate of drug-likeness (QED) is 0.636. The molecule has 0 spiro atoms. The summed E-state index contributed by atoms with van der Waals surface area (Å²) >= 11 is 0. The third-order valence-electron chi connectivity index (χ3n) is 2.79. The number of benzene rings is 1. The summed E-state index contributed by atoms with van der Waals surface area (Å²) in [6.45, 7) is 1.79. The molecule has 1 rings (SSSR count). The number of para-hydroxylation sites is 1. The molecule has 0 atom stereocenters. The third-order valence-corrected chi connectivity index (χ3v) is 2.79. The van der Waals surface area contributed by atoms with Crippen LogP contribution in [-0.4, -0.2) is 25.6 Å². The first-order chi connectivity index (χ1) is 9.33. The van der Waals surface area contributed by atoms with Crippen molar-refractivity contribution >= 4 is 5.91 Å². The van der Waals surface area contributed by atoms with Crippen LogP contribution in [0, 0.1) is 0 Å². The van der Waals surface area contributed by atoms with Gasteiger partial charge in [0.2, 0.25) is 5.91 Å². The fraction of sp³-hybridized carbons (Fsp3) is 0.533. The number of nitrogens with two attached hydrogens (primary N) is 1. The van der Waals surface area contributed by atoms with E-state index in [4.69, 9.17) is 10.5 Å². The first-order valence-electron chi connectivity index (χ1n) is 6.97. The number of rotatable bonds is 10. The van der Waals surface area contributed by atoms with Gasteiger partial charge in [0, 0.05) is 6.42 Å². The molecule has 1 aromatic rings. The smallest absolute Gasteiger partial charge is 0.220 e. The highest BCUT2D eigenvalue weighted by Gasteiger charge is 2.00. The molecule has 0 unspecified atom stereocenters. The molecule has 0 saturated heterocycles.